The van der Waals surface area contributed by atoms with Crippen molar-refractivity contribution in [3.05, 3.63) is 199 Å². The molecule has 12 aromatic rings. The molecule has 0 amide bonds. The summed E-state index contributed by atoms with van der Waals surface area (Å²) in [6.07, 6.45) is 0. The van der Waals surface area contributed by atoms with Gasteiger partial charge in [-0.25, -0.2) is 19.9 Å². The number of benzene rings is 8. The molecule has 1 N–H and O–H groups in total. The summed E-state index contributed by atoms with van der Waals surface area (Å²) >= 11 is 3.49. The van der Waals surface area contributed by atoms with E-state index < -0.39 is 0 Å². The lowest BCUT2D eigenvalue weighted by molar-refractivity contribution is 0.475. The predicted octanol–water partition coefficient (Wildman–Crippen LogP) is 13.5. The average molecular weight is 942 g/mol. The number of para-hydroxylation sites is 8. The fraction of sp³-hybridized carbons (Fsp3) is 0.0714. The van der Waals surface area contributed by atoms with E-state index in [1.807, 2.05) is 172 Å². The Hall–Kier alpha value is -8.28. The minimum Gasteiger partial charge on any atom is -0.508 e. The van der Waals surface area contributed by atoms with E-state index in [1.54, 1.807) is 12.1 Å². The number of aryl methyl sites for hydroxylation is 4. The van der Waals surface area contributed by atoms with Gasteiger partial charge in [-0.1, -0.05) is 113 Å². The van der Waals surface area contributed by atoms with Crippen molar-refractivity contribution in [3.63, 3.8) is 0 Å². The molecule has 0 radical (unpaired) electrons. The Bertz CT molecular complexity index is 3490. The van der Waals surface area contributed by atoms with Crippen LogP contribution in [0.5, 0.6) is 17.2 Å². The Labute approximate surface area is 395 Å². The molecule has 8 aromatic carbocycles. The highest BCUT2D eigenvalue weighted by Crippen LogP contribution is 2.32. The molecule has 67 heavy (non-hydrogen) atoms. The van der Waals surface area contributed by atoms with Crippen molar-refractivity contribution in [3.8, 4) is 62.8 Å². The molecule has 0 bridgehead atoms. The largest absolute Gasteiger partial charge is 0.508 e. The van der Waals surface area contributed by atoms with Crippen LogP contribution in [0.1, 0.15) is 0 Å². The Morgan fingerprint density at radius 2 is 0.672 bits per heavy atom. The summed E-state index contributed by atoms with van der Waals surface area (Å²) in [5.74, 6) is 5.47. The first kappa shape index (κ1) is 42.7. The van der Waals surface area contributed by atoms with E-state index in [9.17, 15) is 5.11 Å². The zero-order valence-corrected chi connectivity index (χ0v) is 38.9. The summed E-state index contributed by atoms with van der Waals surface area (Å²) in [6.45, 7) is 0. The fourth-order valence-corrected chi connectivity index (χ4v) is 8.82. The van der Waals surface area contributed by atoms with Crippen molar-refractivity contribution >= 4 is 60.1 Å². The van der Waals surface area contributed by atoms with E-state index in [0.717, 1.165) is 106 Å². The normalized spacial score (nSPS) is 11.1. The number of aromatic nitrogens is 8. The Morgan fingerprint density at radius 3 is 1.01 bits per heavy atom. The number of halogens is 1. The first-order valence-electron chi connectivity index (χ1n) is 21.8. The number of hydrogen-bond donors (Lipinski definition) is 1. The number of imidazole rings is 4. The van der Waals surface area contributed by atoms with Crippen LogP contribution in [0.3, 0.4) is 0 Å². The van der Waals surface area contributed by atoms with E-state index in [4.69, 9.17) is 14.7 Å². The molecule has 0 fully saturated rings. The number of nitrogens with zero attached hydrogens (tertiary/aromatic N) is 8. The highest BCUT2D eigenvalue weighted by Gasteiger charge is 2.14. The monoisotopic (exact) mass is 940 g/mol. The second-order valence-electron chi connectivity index (χ2n) is 16.2. The van der Waals surface area contributed by atoms with Gasteiger partial charge >= 0.3 is 0 Å². The quantitative estimate of drug-likeness (QED) is 0.178. The van der Waals surface area contributed by atoms with Crippen LogP contribution in [-0.2, 0) is 28.2 Å². The van der Waals surface area contributed by atoms with Gasteiger partial charge in [-0.05, 0) is 97.1 Å². The van der Waals surface area contributed by atoms with Gasteiger partial charge in [0.05, 0.1) is 44.1 Å². The molecule has 0 unspecified atom stereocenters. The number of phenols is 1. The minimum absolute atomic E-state index is 0.259. The van der Waals surface area contributed by atoms with E-state index in [-0.39, 0.29) is 5.75 Å². The number of ether oxygens (including phenoxy) is 1. The van der Waals surface area contributed by atoms with Gasteiger partial charge in [-0.15, -0.1) is 0 Å². The van der Waals surface area contributed by atoms with E-state index >= 15 is 0 Å². The van der Waals surface area contributed by atoms with Crippen molar-refractivity contribution in [2.45, 2.75) is 0 Å². The molecule has 11 heteroatoms. The molecule has 12 rings (SSSR count). The molecule has 0 saturated heterocycles. The van der Waals surface area contributed by atoms with Gasteiger partial charge in [0, 0.05) is 54.9 Å². The molecule has 0 saturated carbocycles. The molecule has 328 valence electrons. The minimum atomic E-state index is 0.259. The smallest absolute Gasteiger partial charge is 0.140 e. The molecule has 10 nitrogen and oxygen atoms in total. The van der Waals surface area contributed by atoms with Gasteiger partial charge < -0.3 is 28.1 Å². The lowest BCUT2D eigenvalue weighted by Crippen LogP contribution is -1.94. The van der Waals surface area contributed by atoms with Crippen LogP contribution in [0, 0.1) is 0 Å². The maximum Gasteiger partial charge on any atom is 0.140 e. The topological polar surface area (TPSA) is 101 Å². The molecular weight excluding hydrogens is 897 g/mol. The number of aromatic hydroxyl groups is 1. The molecule has 0 aliphatic carbocycles. The zero-order chi connectivity index (χ0) is 46.0. The summed E-state index contributed by atoms with van der Waals surface area (Å²) < 4.78 is 15.7. The summed E-state index contributed by atoms with van der Waals surface area (Å²) in [4.78, 5) is 18.9. The second-order valence-corrected chi connectivity index (χ2v) is 17.1. The zero-order valence-electron chi connectivity index (χ0n) is 37.3. The first-order chi connectivity index (χ1) is 32.7. The van der Waals surface area contributed by atoms with Gasteiger partial charge in [-0.2, -0.15) is 0 Å². The standard InChI is InChI=1S/C28H22N4O.C14H11BrN2.C14H12N2O/c1-31-25-15-5-3-13-23(25)29-27(31)19-9-7-11-21(17-19)33-22-12-8-10-20(18-22)28-30-24-14-4-6-16-26(24)32(28)2;1-17-13-8-3-2-7-12(13)16-14(17)10-5-4-6-11(15)9-10;1-16-13-8-3-2-7-12(13)15-14(16)10-5-4-6-11(17)9-10/h3-18H,1-2H3;2-9H,1H3;2-9,17H,1H3. The van der Waals surface area contributed by atoms with Crippen LogP contribution < -0.4 is 4.74 Å². The molecular formula is C56H45BrN8O2. The number of fused-ring (bicyclic) bond motifs is 4. The Morgan fingerprint density at radius 1 is 0.358 bits per heavy atom. The summed E-state index contributed by atoms with van der Waals surface area (Å²) in [7, 11) is 8.11. The highest BCUT2D eigenvalue weighted by molar-refractivity contribution is 9.10. The van der Waals surface area contributed by atoms with Crippen molar-refractivity contribution < 1.29 is 9.84 Å². The van der Waals surface area contributed by atoms with E-state index in [2.05, 4.69) is 82.1 Å². The highest BCUT2D eigenvalue weighted by atomic mass is 79.9. The summed E-state index contributed by atoms with van der Waals surface area (Å²) in [6, 6.07) is 64.0. The third-order valence-corrected chi connectivity index (χ3v) is 12.2. The van der Waals surface area contributed by atoms with Crippen LogP contribution in [0.4, 0.5) is 0 Å². The van der Waals surface area contributed by atoms with Gasteiger partial charge in [0.15, 0.2) is 0 Å². The molecule has 0 atom stereocenters. The molecule has 0 aliphatic rings. The van der Waals surface area contributed by atoms with Crippen LogP contribution in [-0.4, -0.2) is 43.3 Å². The number of hydrogen-bond acceptors (Lipinski definition) is 6. The predicted molar refractivity (Wildman–Crippen MR) is 274 cm³/mol. The van der Waals surface area contributed by atoms with E-state index in [0.29, 0.717) is 0 Å². The second kappa shape index (κ2) is 18.3. The van der Waals surface area contributed by atoms with Gasteiger partial charge in [0.25, 0.3) is 0 Å². The Balaban J connectivity index is 0.000000130. The van der Waals surface area contributed by atoms with Crippen molar-refractivity contribution in [2.24, 2.45) is 28.2 Å². The molecule has 0 aliphatic heterocycles. The van der Waals surface area contributed by atoms with Crippen molar-refractivity contribution in [1.82, 2.24) is 38.2 Å². The summed E-state index contributed by atoms with van der Waals surface area (Å²) in [5.41, 5.74) is 12.5. The Kier molecular flexibility index (Phi) is 11.7. The maximum atomic E-state index is 9.50. The van der Waals surface area contributed by atoms with Crippen LogP contribution >= 0.6 is 15.9 Å². The third kappa shape index (κ3) is 8.68. The lowest BCUT2D eigenvalue weighted by atomic mass is 10.2. The van der Waals surface area contributed by atoms with Crippen molar-refractivity contribution in [2.75, 3.05) is 0 Å². The average Bonchev–Trinajstić information content (AvgIpc) is 4.09. The van der Waals surface area contributed by atoms with Crippen LogP contribution in [0.25, 0.3) is 89.7 Å². The maximum absolute atomic E-state index is 9.50. The molecule has 4 aromatic heterocycles. The van der Waals surface area contributed by atoms with Crippen LogP contribution in [0.15, 0.2) is 199 Å². The first-order valence-corrected chi connectivity index (χ1v) is 22.6. The SMILES string of the molecule is Cn1c(-c2cccc(Br)c2)nc2ccccc21.Cn1c(-c2cccc(O)c2)nc2ccccc21.Cn1c(-c2cccc(Oc3cccc(-c4nc5ccccc5n4C)c3)c2)nc2ccccc21. The molecule has 0 spiro atoms. The third-order valence-electron chi connectivity index (χ3n) is 11.8. The van der Waals surface area contributed by atoms with Gasteiger partial charge in [0.2, 0.25) is 0 Å². The summed E-state index contributed by atoms with van der Waals surface area (Å²) in [5, 5.41) is 9.50. The lowest BCUT2D eigenvalue weighted by Gasteiger charge is -2.10. The fourth-order valence-electron chi connectivity index (χ4n) is 8.42. The van der Waals surface area contributed by atoms with Gasteiger partial charge in [0.1, 0.15) is 40.5 Å². The van der Waals surface area contributed by atoms with E-state index in [1.165, 1.54) is 0 Å². The van der Waals surface area contributed by atoms with Crippen LogP contribution in [0.2, 0.25) is 0 Å². The molecule has 4 heterocycles. The van der Waals surface area contributed by atoms with Gasteiger partial charge in [-0.3, -0.25) is 0 Å². The number of rotatable bonds is 6. The number of phenolic OH excluding ortho intramolecular Hbond substituents is 1. The van der Waals surface area contributed by atoms with Crippen molar-refractivity contribution in [1.29, 1.82) is 0 Å².